The molecule has 0 aliphatic rings. The van der Waals surface area contributed by atoms with Crippen LogP contribution in [0.1, 0.15) is 33.2 Å². The molecule has 4 aromatic rings. The SMILES string of the molecule is Cc1cc(C)n(Cc2nc(-c3ccc(NC(=O)c4c(F)cccc4F)cc3)oc2C)n1. The highest BCUT2D eigenvalue weighted by molar-refractivity contribution is 6.04. The molecule has 0 fully saturated rings. The first-order valence-electron chi connectivity index (χ1n) is 9.65. The van der Waals surface area contributed by atoms with E-state index in [2.05, 4.69) is 15.4 Å². The summed E-state index contributed by atoms with van der Waals surface area (Å²) < 4.78 is 35.2. The zero-order chi connectivity index (χ0) is 22.1. The molecule has 1 N–H and O–H groups in total. The molecule has 0 bridgehead atoms. The minimum absolute atomic E-state index is 0.391. The van der Waals surface area contributed by atoms with Crippen molar-refractivity contribution in [3.63, 3.8) is 0 Å². The fraction of sp³-hybridized carbons (Fsp3) is 0.174. The molecule has 6 nitrogen and oxygen atoms in total. The summed E-state index contributed by atoms with van der Waals surface area (Å²) in [6.45, 7) is 6.26. The van der Waals surface area contributed by atoms with Gasteiger partial charge in [0.15, 0.2) is 0 Å². The first-order chi connectivity index (χ1) is 14.8. The lowest BCUT2D eigenvalue weighted by Crippen LogP contribution is -2.15. The van der Waals surface area contributed by atoms with Crippen molar-refractivity contribution in [3.05, 3.63) is 88.6 Å². The van der Waals surface area contributed by atoms with Gasteiger partial charge in [0, 0.05) is 16.9 Å². The molecule has 2 aromatic heterocycles. The third-order valence-electron chi connectivity index (χ3n) is 4.88. The van der Waals surface area contributed by atoms with Crippen LogP contribution in [0.3, 0.4) is 0 Å². The summed E-state index contributed by atoms with van der Waals surface area (Å²) >= 11 is 0. The number of anilines is 1. The Morgan fingerprint density at radius 1 is 1.06 bits per heavy atom. The van der Waals surface area contributed by atoms with Gasteiger partial charge >= 0.3 is 0 Å². The topological polar surface area (TPSA) is 73.0 Å². The molecule has 2 heterocycles. The number of nitrogens with zero attached hydrogens (tertiary/aromatic N) is 3. The molecule has 8 heteroatoms. The van der Waals surface area contributed by atoms with E-state index in [0.717, 1.165) is 29.2 Å². The second-order valence-electron chi connectivity index (χ2n) is 7.23. The van der Waals surface area contributed by atoms with Crippen molar-refractivity contribution in [1.82, 2.24) is 14.8 Å². The maximum atomic E-state index is 13.8. The second kappa shape index (κ2) is 8.14. The molecule has 4 rings (SSSR count). The minimum Gasteiger partial charge on any atom is -0.441 e. The quantitative estimate of drug-likeness (QED) is 0.489. The molecule has 0 aliphatic carbocycles. The lowest BCUT2D eigenvalue weighted by molar-refractivity contribution is 0.101. The molecule has 0 radical (unpaired) electrons. The number of amides is 1. The van der Waals surface area contributed by atoms with Gasteiger partial charge in [0.2, 0.25) is 5.89 Å². The number of aryl methyl sites for hydroxylation is 3. The highest BCUT2D eigenvalue weighted by atomic mass is 19.1. The number of nitrogens with one attached hydrogen (secondary N) is 1. The van der Waals surface area contributed by atoms with Crippen molar-refractivity contribution in [2.24, 2.45) is 0 Å². The Balaban J connectivity index is 1.51. The monoisotopic (exact) mass is 422 g/mol. The van der Waals surface area contributed by atoms with Crippen LogP contribution in [-0.4, -0.2) is 20.7 Å². The molecule has 0 spiro atoms. The average molecular weight is 422 g/mol. The van der Waals surface area contributed by atoms with Crippen LogP contribution in [0.5, 0.6) is 0 Å². The molecule has 31 heavy (non-hydrogen) atoms. The number of aromatic nitrogens is 3. The fourth-order valence-corrected chi connectivity index (χ4v) is 3.28. The van der Waals surface area contributed by atoms with Gasteiger partial charge in [0.25, 0.3) is 5.91 Å². The van der Waals surface area contributed by atoms with Gasteiger partial charge in [-0.3, -0.25) is 9.48 Å². The van der Waals surface area contributed by atoms with Gasteiger partial charge in [0.05, 0.1) is 12.2 Å². The summed E-state index contributed by atoms with van der Waals surface area (Å²) in [6, 6.07) is 11.9. The lowest BCUT2D eigenvalue weighted by atomic mass is 10.1. The van der Waals surface area contributed by atoms with E-state index in [-0.39, 0.29) is 0 Å². The molecule has 0 unspecified atom stereocenters. The molecule has 158 valence electrons. The number of halogens is 2. The smallest absolute Gasteiger partial charge is 0.261 e. The molecule has 1 amide bonds. The molecule has 0 saturated carbocycles. The Morgan fingerprint density at radius 2 is 1.74 bits per heavy atom. The van der Waals surface area contributed by atoms with Gasteiger partial charge in [-0.15, -0.1) is 0 Å². The van der Waals surface area contributed by atoms with Crippen LogP contribution in [0.25, 0.3) is 11.5 Å². The average Bonchev–Trinajstić information content (AvgIpc) is 3.23. The molecule has 0 atom stereocenters. The van der Waals surface area contributed by atoms with Crippen molar-refractivity contribution >= 4 is 11.6 Å². The molecular formula is C23H20F2N4O2. The summed E-state index contributed by atoms with van der Waals surface area (Å²) in [6.07, 6.45) is 0. The molecular weight excluding hydrogens is 402 g/mol. The standard InChI is InChI=1S/C23H20F2N4O2/c1-13-11-14(2)29(28-13)12-20-15(3)31-23(27-20)16-7-9-17(10-8-16)26-22(30)21-18(24)5-4-6-19(21)25/h4-11H,12H2,1-3H3,(H,26,30). The zero-order valence-corrected chi connectivity index (χ0v) is 17.2. The Hall–Kier alpha value is -3.81. The van der Waals surface area contributed by atoms with E-state index < -0.39 is 23.1 Å². The Bertz CT molecular complexity index is 1240. The van der Waals surface area contributed by atoms with Crippen LogP contribution in [0.2, 0.25) is 0 Å². The Kier molecular flexibility index (Phi) is 5.37. The van der Waals surface area contributed by atoms with Crippen LogP contribution in [0, 0.1) is 32.4 Å². The maximum absolute atomic E-state index is 13.8. The number of oxazole rings is 1. The molecule has 2 aromatic carbocycles. The largest absolute Gasteiger partial charge is 0.441 e. The van der Waals surface area contributed by atoms with Crippen molar-refractivity contribution in [2.45, 2.75) is 27.3 Å². The third kappa shape index (κ3) is 4.23. The number of rotatable bonds is 5. The number of hydrogen-bond donors (Lipinski definition) is 1. The van der Waals surface area contributed by atoms with Gasteiger partial charge < -0.3 is 9.73 Å². The Morgan fingerprint density at radius 3 is 2.35 bits per heavy atom. The minimum atomic E-state index is -0.917. The van der Waals surface area contributed by atoms with E-state index in [9.17, 15) is 13.6 Å². The molecule has 0 saturated heterocycles. The third-order valence-corrected chi connectivity index (χ3v) is 4.88. The normalized spacial score (nSPS) is 11.0. The van der Waals surface area contributed by atoms with Crippen molar-refractivity contribution in [2.75, 3.05) is 5.32 Å². The number of carbonyl (C=O) groups is 1. The predicted octanol–water partition coefficient (Wildman–Crippen LogP) is 5.04. The van der Waals surface area contributed by atoms with E-state index in [1.807, 2.05) is 31.5 Å². The number of benzene rings is 2. The van der Waals surface area contributed by atoms with Gasteiger partial charge in [-0.2, -0.15) is 5.10 Å². The van der Waals surface area contributed by atoms with Crippen LogP contribution in [0.4, 0.5) is 14.5 Å². The summed E-state index contributed by atoms with van der Waals surface area (Å²) in [5, 5.41) is 6.94. The summed E-state index contributed by atoms with van der Waals surface area (Å²) in [7, 11) is 0. The molecule has 0 aliphatic heterocycles. The van der Waals surface area contributed by atoms with Gasteiger partial charge in [-0.1, -0.05) is 6.07 Å². The maximum Gasteiger partial charge on any atom is 0.261 e. The van der Waals surface area contributed by atoms with Crippen LogP contribution >= 0.6 is 0 Å². The van der Waals surface area contributed by atoms with E-state index in [1.54, 1.807) is 24.3 Å². The van der Waals surface area contributed by atoms with E-state index in [1.165, 1.54) is 6.07 Å². The second-order valence-corrected chi connectivity index (χ2v) is 7.23. The number of hydrogen-bond acceptors (Lipinski definition) is 4. The van der Waals surface area contributed by atoms with Crippen LogP contribution in [0.15, 0.2) is 52.9 Å². The first kappa shape index (κ1) is 20.5. The van der Waals surface area contributed by atoms with E-state index in [0.29, 0.717) is 29.4 Å². The lowest BCUT2D eigenvalue weighted by Gasteiger charge is -2.07. The van der Waals surface area contributed by atoms with Gasteiger partial charge in [0.1, 0.15) is 28.7 Å². The van der Waals surface area contributed by atoms with Crippen molar-refractivity contribution < 1.29 is 18.0 Å². The zero-order valence-electron chi connectivity index (χ0n) is 17.2. The number of carbonyl (C=O) groups excluding carboxylic acids is 1. The summed E-state index contributed by atoms with van der Waals surface area (Å²) in [4.78, 5) is 16.8. The van der Waals surface area contributed by atoms with Gasteiger partial charge in [-0.25, -0.2) is 13.8 Å². The highest BCUT2D eigenvalue weighted by Gasteiger charge is 2.18. The van der Waals surface area contributed by atoms with E-state index in [4.69, 9.17) is 4.42 Å². The van der Waals surface area contributed by atoms with Gasteiger partial charge in [-0.05, 0) is 63.2 Å². The van der Waals surface area contributed by atoms with Crippen LogP contribution in [-0.2, 0) is 6.54 Å². The van der Waals surface area contributed by atoms with E-state index >= 15 is 0 Å². The van der Waals surface area contributed by atoms with Crippen molar-refractivity contribution in [1.29, 1.82) is 0 Å². The summed E-state index contributed by atoms with van der Waals surface area (Å²) in [5.74, 6) is -1.57. The predicted molar refractivity (Wildman–Crippen MR) is 112 cm³/mol. The Labute approximate surface area is 177 Å². The first-order valence-corrected chi connectivity index (χ1v) is 9.65. The van der Waals surface area contributed by atoms with Crippen LogP contribution < -0.4 is 5.32 Å². The fourth-order valence-electron chi connectivity index (χ4n) is 3.28. The highest BCUT2D eigenvalue weighted by Crippen LogP contribution is 2.24. The summed E-state index contributed by atoms with van der Waals surface area (Å²) in [5.41, 5.74) is 3.22. The van der Waals surface area contributed by atoms with Crippen molar-refractivity contribution in [3.8, 4) is 11.5 Å².